The van der Waals surface area contributed by atoms with Gasteiger partial charge in [0.15, 0.2) is 0 Å². The Morgan fingerprint density at radius 2 is 1.92 bits per heavy atom. The molecule has 2 aromatic rings. The first-order valence-electron chi connectivity index (χ1n) is 3.82. The average Bonchev–Trinajstić information content (AvgIpc) is 2.61. The summed E-state index contributed by atoms with van der Waals surface area (Å²) in [6.07, 6.45) is 1.55. The largest absolute Gasteiger partial charge is 0.434 e. The Labute approximate surface area is 80.7 Å². The Kier molecular flexibility index (Phi) is 2.23. The van der Waals surface area contributed by atoms with E-state index in [9.17, 15) is 0 Å². The normalized spacial score (nSPS) is 9.92. The third-order valence-corrected chi connectivity index (χ3v) is 1.85. The Bertz CT molecular complexity index is 382. The van der Waals surface area contributed by atoms with Crippen LogP contribution in [-0.4, -0.2) is 0 Å². The summed E-state index contributed by atoms with van der Waals surface area (Å²) < 4.78 is 10.4. The van der Waals surface area contributed by atoms with Crippen LogP contribution in [0.25, 0.3) is 0 Å². The summed E-state index contributed by atoms with van der Waals surface area (Å²) in [7, 11) is 0. The lowest BCUT2D eigenvalue weighted by atomic mass is 10.3. The summed E-state index contributed by atoms with van der Waals surface area (Å²) in [5.74, 6) is 1.03. The van der Waals surface area contributed by atoms with Crippen LogP contribution in [0.15, 0.2) is 47.1 Å². The van der Waals surface area contributed by atoms with Gasteiger partial charge in [0.2, 0.25) is 0 Å². The van der Waals surface area contributed by atoms with E-state index in [2.05, 4.69) is 0 Å². The van der Waals surface area contributed by atoms with Gasteiger partial charge in [-0.05, 0) is 18.2 Å². The summed E-state index contributed by atoms with van der Waals surface area (Å²) in [5.41, 5.74) is 0. The molecule has 0 amide bonds. The molecule has 0 bridgehead atoms. The van der Waals surface area contributed by atoms with Crippen molar-refractivity contribution >= 4 is 11.6 Å². The van der Waals surface area contributed by atoms with E-state index in [1.165, 1.54) is 0 Å². The van der Waals surface area contributed by atoms with E-state index in [4.69, 9.17) is 20.8 Å². The number of para-hydroxylation sites is 1. The Balaban J connectivity index is 2.24. The van der Waals surface area contributed by atoms with Crippen molar-refractivity contribution in [3.8, 4) is 11.7 Å². The van der Waals surface area contributed by atoms with Gasteiger partial charge in [-0.25, -0.2) is 0 Å². The zero-order chi connectivity index (χ0) is 9.10. The first kappa shape index (κ1) is 8.20. The van der Waals surface area contributed by atoms with E-state index < -0.39 is 0 Å². The van der Waals surface area contributed by atoms with Gasteiger partial charge in [0.05, 0.1) is 11.3 Å². The molecule has 0 aliphatic carbocycles. The number of rotatable bonds is 2. The molecule has 1 heterocycles. The van der Waals surface area contributed by atoms with E-state index in [1.807, 2.05) is 12.1 Å². The van der Waals surface area contributed by atoms with Gasteiger partial charge < -0.3 is 9.15 Å². The van der Waals surface area contributed by atoms with Crippen LogP contribution < -0.4 is 4.74 Å². The smallest absolute Gasteiger partial charge is 0.289 e. The minimum atomic E-state index is 0.438. The summed E-state index contributed by atoms with van der Waals surface area (Å²) >= 11 is 5.87. The maximum atomic E-state index is 5.87. The highest BCUT2D eigenvalue weighted by atomic mass is 35.5. The predicted octanol–water partition coefficient (Wildman–Crippen LogP) is 3.73. The fraction of sp³-hybridized carbons (Fsp3) is 0. The van der Waals surface area contributed by atoms with E-state index in [0.29, 0.717) is 16.7 Å². The van der Waals surface area contributed by atoms with Crippen LogP contribution in [-0.2, 0) is 0 Å². The number of hydrogen-bond acceptors (Lipinski definition) is 2. The maximum absolute atomic E-state index is 5.87. The van der Waals surface area contributed by atoms with Gasteiger partial charge in [-0.1, -0.05) is 23.7 Å². The highest BCUT2D eigenvalue weighted by molar-refractivity contribution is 6.32. The second-order valence-electron chi connectivity index (χ2n) is 2.46. The Morgan fingerprint density at radius 3 is 2.62 bits per heavy atom. The minimum absolute atomic E-state index is 0.438. The predicted molar refractivity (Wildman–Crippen MR) is 50.2 cm³/mol. The van der Waals surface area contributed by atoms with Crippen LogP contribution in [0, 0.1) is 0 Å². The molecule has 0 N–H and O–H groups in total. The van der Waals surface area contributed by atoms with Crippen molar-refractivity contribution in [1.82, 2.24) is 0 Å². The number of halogens is 1. The molecule has 0 spiro atoms. The van der Waals surface area contributed by atoms with Crippen molar-refractivity contribution in [2.45, 2.75) is 0 Å². The van der Waals surface area contributed by atoms with Crippen LogP contribution in [0.4, 0.5) is 0 Å². The standard InChI is InChI=1S/C10H7ClO2/c11-8-4-1-2-5-9(8)13-10-6-3-7-12-10/h1-7H. The second kappa shape index (κ2) is 3.54. The van der Waals surface area contributed by atoms with Crippen LogP contribution in [0.3, 0.4) is 0 Å². The van der Waals surface area contributed by atoms with Gasteiger partial charge in [0, 0.05) is 6.07 Å². The first-order chi connectivity index (χ1) is 6.36. The molecule has 0 aliphatic heterocycles. The van der Waals surface area contributed by atoms with Crippen molar-refractivity contribution in [2.24, 2.45) is 0 Å². The van der Waals surface area contributed by atoms with Crippen LogP contribution >= 0.6 is 11.6 Å². The number of furan rings is 1. The lowest BCUT2D eigenvalue weighted by Crippen LogP contribution is -1.81. The van der Waals surface area contributed by atoms with E-state index >= 15 is 0 Å². The lowest BCUT2D eigenvalue weighted by molar-refractivity contribution is 0.347. The molecule has 0 saturated heterocycles. The zero-order valence-electron chi connectivity index (χ0n) is 6.74. The van der Waals surface area contributed by atoms with E-state index in [1.54, 1.807) is 30.5 Å². The molecule has 0 aliphatic rings. The number of benzene rings is 1. The van der Waals surface area contributed by atoms with E-state index in [0.717, 1.165) is 0 Å². The minimum Gasteiger partial charge on any atom is -0.434 e. The SMILES string of the molecule is Clc1ccccc1Oc1ccco1. The Morgan fingerprint density at radius 1 is 1.08 bits per heavy atom. The second-order valence-corrected chi connectivity index (χ2v) is 2.87. The number of hydrogen-bond donors (Lipinski definition) is 0. The van der Waals surface area contributed by atoms with Crippen molar-refractivity contribution < 1.29 is 9.15 Å². The molecule has 0 saturated carbocycles. The monoisotopic (exact) mass is 194 g/mol. The van der Waals surface area contributed by atoms with Crippen molar-refractivity contribution in [3.05, 3.63) is 47.7 Å². The van der Waals surface area contributed by atoms with Gasteiger partial charge >= 0.3 is 0 Å². The zero-order valence-corrected chi connectivity index (χ0v) is 7.49. The fourth-order valence-corrected chi connectivity index (χ4v) is 1.13. The van der Waals surface area contributed by atoms with Gasteiger partial charge in [-0.15, -0.1) is 0 Å². The number of ether oxygens (including phenoxy) is 1. The summed E-state index contributed by atoms with van der Waals surface area (Å²) in [4.78, 5) is 0. The summed E-state index contributed by atoms with van der Waals surface area (Å²) in [6, 6.07) is 10.7. The average molecular weight is 195 g/mol. The molecule has 3 heteroatoms. The molecule has 0 unspecified atom stereocenters. The fourth-order valence-electron chi connectivity index (χ4n) is 0.957. The molecule has 2 nitrogen and oxygen atoms in total. The molecular formula is C10H7ClO2. The van der Waals surface area contributed by atoms with Crippen LogP contribution in [0.5, 0.6) is 11.7 Å². The van der Waals surface area contributed by atoms with Gasteiger partial charge in [-0.3, -0.25) is 0 Å². The summed E-state index contributed by atoms with van der Waals surface area (Å²) in [6.45, 7) is 0. The molecule has 1 aromatic heterocycles. The molecular weight excluding hydrogens is 188 g/mol. The van der Waals surface area contributed by atoms with Crippen LogP contribution in [0.2, 0.25) is 5.02 Å². The molecule has 1 aromatic carbocycles. The highest BCUT2D eigenvalue weighted by Gasteiger charge is 2.02. The van der Waals surface area contributed by atoms with Crippen molar-refractivity contribution in [2.75, 3.05) is 0 Å². The van der Waals surface area contributed by atoms with Gasteiger partial charge in [-0.2, -0.15) is 0 Å². The molecule has 0 fully saturated rings. The molecule has 2 rings (SSSR count). The quantitative estimate of drug-likeness (QED) is 0.727. The topological polar surface area (TPSA) is 22.4 Å². The van der Waals surface area contributed by atoms with Crippen LogP contribution in [0.1, 0.15) is 0 Å². The molecule has 0 atom stereocenters. The van der Waals surface area contributed by atoms with Gasteiger partial charge in [0.1, 0.15) is 5.75 Å². The molecule has 66 valence electrons. The first-order valence-corrected chi connectivity index (χ1v) is 4.20. The molecule has 13 heavy (non-hydrogen) atoms. The lowest BCUT2D eigenvalue weighted by Gasteiger charge is -2.02. The maximum Gasteiger partial charge on any atom is 0.289 e. The third-order valence-electron chi connectivity index (χ3n) is 1.54. The Hall–Kier alpha value is -1.41. The van der Waals surface area contributed by atoms with Crippen molar-refractivity contribution in [1.29, 1.82) is 0 Å². The third kappa shape index (κ3) is 1.84. The van der Waals surface area contributed by atoms with Gasteiger partial charge in [0.25, 0.3) is 5.95 Å². The van der Waals surface area contributed by atoms with Crippen molar-refractivity contribution in [3.63, 3.8) is 0 Å². The highest BCUT2D eigenvalue weighted by Crippen LogP contribution is 2.28. The summed E-state index contributed by atoms with van der Waals surface area (Å²) in [5, 5.41) is 0.568. The molecule has 0 radical (unpaired) electrons. The van der Waals surface area contributed by atoms with E-state index in [-0.39, 0.29) is 0 Å².